The number of hydrogen-bond acceptors (Lipinski definition) is 3. The van der Waals surface area contributed by atoms with E-state index in [-0.39, 0.29) is 5.79 Å². The molecule has 1 N–H and O–H groups in total. The Morgan fingerprint density at radius 1 is 1.25 bits per heavy atom. The summed E-state index contributed by atoms with van der Waals surface area (Å²) in [6.45, 7) is 6.84. The third kappa shape index (κ3) is 3.19. The highest BCUT2D eigenvalue weighted by Gasteiger charge is 2.30. The highest BCUT2D eigenvalue weighted by molar-refractivity contribution is 4.78. The van der Waals surface area contributed by atoms with E-state index in [2.05, 4.69) is 12.2 Å². The first-order chi connectivity index (χ1) is 7.70. The molecule has 2 fully saturated rings. The second-order valence-corrected chi connectivity index (χ2v) is 5.37. The molecule has 3 heteroatoms. The van der Waals surface area contributed by atoms with Crippen LogP contribution < -0.4 is 5.32 Å². The summed E-state index contributed by atoms with van der Waals surface area (Å²) >= 11 is 0. The van der Waals surface area contributed by atoms with E-state index in [0.717, 1.165) is 32.1 Å². The highest BCUT2D eigenvalue weighted by Crippen LogP contribution is 2.28. The molecule has 0 amide bonds. The van der Waals surface area contributed by atoms with E-state index in [1.165, 1.54) is 25.7 Å². The van der Waals surface area contributed by atoms with Crippen LogP contribution in [-0.2, 0) is 9.47 Å². The molecule has 2 rings (SSSR count). The summed E-state index contributed by atoms with van der Waals surface area (Å²) < 4.78 is 11.2. The average Bonchev–Trinajstić information content (AvgIpc) is 2.88. The van der Waals surface area contributed by atoms with Crippen LogP contribution in [0.25, 0.3) is 0 Å². The van der Waals surface area contributed by atoms with Crippen LogP contribution in [-0.4, -0.2) is 31.6 Å². The van der Waals surface area contributed by atoms with Gasteiger partial charge in [-0.2, -0.15) is 0 Å². The smallest absolute Gasteiger partial charge is 0.166 e. The van der Waals surface area contributed by atoms with Crippen molar-refractivity contribution >= 4 is 0 Å². The molecule has 0 radical (unpaired) electrons. The van der Waals surface area contributed by atoms with Gasteiger partial charge in [-0.3, -0.25) is 0 Å². The van der Waals surface area contributed by atoms with Gasteiger partial charge in [0.2, 0.25) is 0 Å². The zero-order chi connectivity index (χ0) is 11.4. The van der Waals surface area contributed by atoms with Gasteiger partial charge in [-0.25, -0.2) is 0 Å². The lowest BCUT2D eigenvalue weighted by Gasteiger charge is -2.25. The molecule has 1 atom stereocenters. The largest absolute Gasteiger partial charge is 0.348 e. The van der Waals surface area contributed by atoms with Crippen LogP contribution in [0.5, 0.6) is 0 Å². The predicted octanol–water partition coefficient (Wildman–Crippen LogP) is 2.31. The molecule has 2 aliphatic rings. The van der Waals surface area contributed by atoms with Gasteiger partial charge >= 0.3 is 0 Å². The maximum atomic E-state index is 5.59. The quantitative estimate of drug-likeness (QED) is 0.782. The Balaban J connectivity index is 1.63. The maximum Gasteiger partial charge on any atom is 0.166 e. The molecule has 0 aromatic heterocycles. The van der Waals surface area contributed by atoms with Crippen molar-refractivity contribution in [2.24, 2.45) is 5.92 Å². The van der Waals surface area contributed by atoms with E-state index in [1.807, 2.05) is 6.92 Å². The van der Waals surface area contributed by atoms with E-state index in [9.17, 15) is 0 Å². The Kier molecular flexibility index (Phi) is 4.22. The second-order valence-electron chi connectivity index (χ2n) is 5.37. The molecule has 1 saturated heterocycles. The fraction of sp³-hybridized carbons (Fsp3) is 1.00. The van der Waals surface area contributed by atoms with E-state index in [4.69, 9.17) is 9.47 Å². The minimum atomic E-state index is -0.331. The molecule has 3 nitrogen and oxygen atoms in total. The Bertz CT molecular complexity index is 208. The molecule has 16 heavy (non-hydrogen) atoms. The minimum Gasteiger partial charge on any atom is -0.348 e. The van der Waals surface area contributed by atoms with Gasteiger partial charge in [0.25, 0.3) is 0 Å². The lowest BCUT2D eigenvalue weighted by Crippen LogP contribution is -2.37. The molecule has 1 aliphatic heterocycles. The van der Waals surface area contributed by atoms with Crippen molar-refractivity contribution in [1.29, 1.82) is 0 Å². The standard InChI is InChI=1S/C13H25NO2/c1-11(12-5-3-4-6-12)14-8-7-13(2)15-9-10-16-13/h11-12,14H,3-10H2,1-2H3. The van der Waals surface area contributed by atoms with E-state index in [1.54, 1.807) is 0 Å². The molecular formula is C13H25NO2. The molecule has 1 unspecified atom stereocenters. The van der Waals surface area contributed by atoms with Crippen LogP contribution in [0, 0.1) is 5.92 Å². The molecule has 1 saturated carbocycles. The topological polar surface area (TPSA) is 30.5 Å². The second kappa shape index (κ2) is 5.48. The number of rotatable bonds is 5. The van der Waals surface area contributed by atoms with Crippen LogP contribution >= 0.6 is 0 Å². The van der Waals surface area contributed by atoms with Crippen molar-refractivity contribution in [1.82, 2.24) is 5.32 Å². The fourth-order valence-electron chi connectivity index (χ4n) is 2.85. The zero-order valence-electron chi connectivity index (χ0n) is 10.6. The van der Waals surface area contributed by atoms with Crippen LogP contribution in [0.3, 0.4) is 0 Å². The van der Waals surface area contributed by atoms with Crippen molar-refractivity contribution in [3.8, 4) is 0 Å². The van der Waals surface area contributed by atoms with E-state index in [0.29, 0.717) is 6.04 Å². The SMILES string of the molecule is CC(NCCC1(C)OCCO1)C1CCCC1. The van der Waals surface area contributed by atoms with Crippen molar-refractivity contribution in [2.75, 3.05) is 19.8 Å². The molecule has 0 aromatic carbocycles. The van der Waals surface area contributed by atoms with Gasteiger partial charge in [0, 0.05) is 19.0 Å². The van der Waals surface area contributed by atoms with Crippen molar-refractivity contribution in [3.05, 3.63) is 0 Å². The van der Waals surface area contributed by atoms with Gasteiger partial charge in [-0.1, -0.05) is 12.8 Å². The first-order valence-corrected chi connectivity index (χ1v) is 6.71. The third-order valence-corrected chi connectivity index (χ3v) is 4.05. The minimum absolute atomic E-state index is 0.331. The van der Waals surface area contributed by atoms with Crippen molar-refractivity contribution < 1.29 is 9.47 Å². The summed E-state index contributed by atoms with van der Waals surface area (Å²) in [5.74, 6) is 0.556. The fourth-order valence-corrected chi connectivity index (χ4v) is 2.85. The number of hydrogen-bond donors (Lipinski definition) is 1. The summed E-state index contributed by atoms with van der Waals surface area (Å²) in [7, 11) is 0. The normalized spacial score (nSPS) is 27.4. The molecule has 1 aliphatic carbocycles. The summed E-state index contributed by atoms with van der Waals surface area (Å²) in [6.07, 6.45) is 6.59. The van der Waals surface area contributed by atoms with Crippen LogP contribution in [0.2, 0.25) is 0 Å². The third-order valence-electron chi connectivity index (χ3n) is 4.05. The maximum absolute atomic E-state index is 5.59. The molecular weight excluding hydrogens is 202 g/mol. The number of ether oxygens (including phenoxy) is 2. The summed E-state index contributed by atoms with van der Waals surface area (Å²) in [5, 5.41) is 3.62. The lowest BCUT2D eigenvalue weighted by molar-refractivity contribution is -0.145. The van der Waals surface area contributed by atoms with E-state index < -0.39 is 0 Å². The van der Waals surface area contributed by atoms with Gasteiger partial charge in [0.05, 0.1) is 13.2 Å². The van der Waals surface area contributed by atoms with Gasteiger partial charge < -0.3 is 14.8 Å². The first-order valence-electron chi connectivity index (χ1n) is 6.71. The molecule has 0 aromatic rings. The highest BCUT2D eigenvalue weighted by atomic mass is 16.7. The average molecular weight is 227 g/mol. The lowest BCUT2D eigenvalue weighted by atomic mass is 9.99. The summed E-state index contributed by atoms with van der Waals surface area (Å²) in [4.78, 5) is 0. The predicted molar refractivity (Wildman–Crippen MR) is 64.3 cm³/mol. The van der Waals surface area contributed by atoms with Crippen molar-refractivity contribution in [3.63, 3.8) is 0 Å². The number of nitrogens with one attached hydrogen (secondary N) is 1. The molecule has 0 bridgehead atoms. The first kappa shape index (κ1) is 12.3. The van der Waals surface area contributed by atoms with Crippen LogP contribution in [0.4, 0.5) is 0 Å². The summed E-state index contributed by atoms with van der Waals surface area (Å²) in [5.41, 5.74) is 0. The Morgan fingerprint density at radius 2 is 1.88 bits per heavy atom. The monoisotopic (exact) mass is 227 g/mol. The Hall–Kier alpha value is -0.120. The molecule has 1 heterocycles. The van der Waals surface area contributed by atoms with Crippen LogP contribution in [0.1, 0.15) is 46.0 Å². The molecule has 94 valence electrons. The Morgan fingerprint density at radius 3 is 2.50 bits per heavy atom. The van der Waals surface area contributed by atoms with Gasteiger partial charge in [0.15, 0.2) is 5.79 Å². The zero-order valence-corrected chi connectivity index (χ0v) is 10.6. The van der Waals surface area contributed by atoms with E-state index >= 15 is 0 Å². The van der Waals surface area contributed by atoms with Gasteiger partial charge in [-0.15, -0.1) is 0 Å². The summed E-state index contributed by atoms with van der Waals surface area (Å²) in [6, 6.07) is 0.646. The van der Waals surface area contributed by atoms with Gasteiger partial charge in [0.1, 0.15) is 0 Å². The van der Waals surface area contributed by atoms with Crippen LogP contribution in [0.15, 0.2) is 0 Å². The molecule has 0 spiro atoms. The van der Waals surface area contributed by atoms with Crippen molar-refractivity contribution in [2.45, 2.75) is 57.8 Å². The van der Waals surface area contributed by atoms with Gasteiger partial charge in [-0.05, 0) is 32.6 Å². The Labute approximate surface area is 98.9 Å².